The van der Waals surface area contributed by atoms with Crippen molar-refractivity contribution in [1.82, 2.24) is 5.32 Å². The maximum absolute atomic E-state index is 9.59. The highest BCUT2D eigenvalue weighted by atomic mass is 16.5. The van der Waals surface area contributed by atoms with E-state index in [2.05, 4.69) is 5.32 Å². The predicted octanol–water partition coefficient (Wildman–Crippen LogP) is 0.759. The Labute approximate surface area is 82.1 Å². The van der Waals surface area contributed by atoms with Crippen LogP contribution in [0.4, 0.5) is 0 Å². The van der Waals surface area contributed by atoms with Gasteiger partial charge in [-0.05, 0) is 12.1 Å². The maximum atomic E-state index is 9.59. The lowest BCUT2D eigenvalue weighted by atomic mass is 10.1. The van der Waals surface area contributed by atoms with Gasteiger partial charge < -0.3 is 20.3 Å². The number of aromatic hydroxyl groups is 2. The van der Waals surface area contributed by atoms with E-state index in [0.717, 1.165) is 12.1 Å². The topological polar surface area (TPSA) is 61.7 Å². The number of benzene rings is 1. The van der Waals surface area contributed by atoms with E-state index >= 15 is 0 Å². The molecule has 1 aromatic carbocycles. The monoisotopic (exact) mass is 195 g/mol. The number of phenolic OH excluding ortho intramolecular Hbond substituents is 2. The minimum Gasteiger partial charge on any atom is -0.508 e. The van der Waals surface area contributed by atoms with E-state index in [0.29, 0.717) is 13.2 Å². The first-order chi connectivity index (χ1) is 6.77. The van der Waals surface area contributed by atoms with Gasteiger partial charge in [0, 0.05) is 18.2 Å². The van der Waals surface area contributed by atoms with Gasteiger partial charge in [-0.2, -0.15) is 0 Å². The second-order valence-electron chi connectivity index (χ2n) is 3.32. The van der Waals surface area contributed by atoms with Crippen molar-refractivity contribution in [3.63, 3.8) is 0 Å². The maximum Gasteiger partial charge on any atom is 0.124 e. The normalized spacial score (nSPS) is 22.1. The molecule has 1 aliphatic heterocycles. The Kier molecular flexibility index (Phi) is 2.56. The number of phenols is 2. The Morgan fingerprint density at radius 2 is 2.21 bits per heavy atom. The molecule has 0 aliphatic carbocycles. The molecule has 0 aromatic heterocycles. The van der Waals surface area contributed by atoms with E-state index in [1.807, 2.05) is 0 Å². The van der Waals surface area contributed by atoms with Gasteiger partial charge in [-0.1, -0.05) is 0 Å². The van der Waals surface area contributed by atoms with Crippen molar-refractivity contribution in [3.05, 3.63) is 23.8 Å². The van der Waals surface area contributed by atoms with Crippen molar-refractivity contribution in [2.45, 2.75) is 6.04 Å². The Morgan fingerprint density at radius 3 is 2.86 bits per heavy atom. The van der Waals surface area contributed by atoms with Crippen LogP contribution >= 0.6 is 0 Å². The molecule has 0 spiro atoms. The number of morpholine rings is 1. The van der Waals surface area contributed by atoms with E-state index in [4.69, 9.17) is 9.84 Å². The van der Waals surface area contributed by atoms with Gasteiger partial charge >= 0.3 is 0 Å². The summed E-state index contributed by atoms with van der Waals surface area (Å²) in [4.78, 5) is 0. The van der Waals surface area contributed by atoms with Gasteiger partial charge in [-0.15, -0.1) is 0 Å². The SMILES string of the molecule is Oc1ccc(C2COCCN2)c(O)c1. The van der Waals surface area contributed by atoms with Crippen molar-refractivity contribution in [3.8, 4) is 11.5 Å². The van der Waals surface area contributed by atoms with Crippen LogP contribution in [-0.4, -0.2) is 30.0 Å². The van der Waals surface area contributed by atoms with Crippen molar-refractivity contribution >= 4 is 0 Å². The lowest BCUT2D eigenvalue weighted by Crippen LogP contribution is -2.34. The number of nitrogens with one attached hydrogen (secondary N) is 1. The fourth-order valence-corrected chi connectivity index (χ4v) is 1.59. The van der Waals surface area contributed by atoms with Crippen LogP contribution in [-0.2, 0) is 4.74 Å². The van der Waals surface area contributed by atoms with Gasteiger partial charge in [0.25, 0.3) is 0 Å². The van der Waals surface area contributed by atoms with Gasteiger partial charge in [-0.25, -0.2) is 0 Å². The summed E-state index contributed by atoms with van der Waals surface area (Å²) in [7, 11) is 0. The number of ether oxygens (including phenoxy) is 1. The van der Waals surface area contributed by atoms with E-state index in [1.54, 1.807) is 12.1 Å². The summed E-state index contributed by atoms with van der Waals surface area (Å²) in [6, 6.07) is 4.62. The Morgan fingerprint density at radius 1 is 1.36 bits per heavy atom. The van der Waals surface area contributed by atoms with Crippen molar-refractivity contribution in [1.29, 1.82) is 0 Å². The first kappa shape index (κ1) is 9.30. The average Bonchev–Trinajstić information content (AvgIpc) is 2.19. The second-order valence-corrected chi connectivity index (χ2v) is 3.32. The van der Waals surface area contributed by atoms with Gasteiger partial charge in [-0.3, -0.25) is 0 Å². The average molecular weight is 195 g/mol. The number of rotatable bonds is 1. The van der Waals surface area contributed by atoms with Crippen molar-refractivity contribution in [2.75, 3.05) is 19.8 Å². The molecule has 1 heterocycles. The molecule has 1 aromatic rings. The van der Waals surface area contributed by atoms with Crippen LogP contribution in [0.25, 0.3) is 0 Å². The predicted molar refractivity (Wildman–Crippen MR) is 51.3 cm³/mol. The molecule has 4 nitrogen and oxygen atoms in total. The third-order valence-electron chi connectivity index (χ3n) is 2.31. The smallest absolute Gasteiger partial charge is 0.124 e. The van der Waals surface area contributed by atoms with Crippen LogP contribution < -0.4 is 5.32 Å². The molecule has 1 unspecified atom stereocenters. The molecule has 1 fully saturated rings. The third-order valence-corrected chi connectivity index (χ3v) is 2.31. The Hall–Kier alpha value is -1.26. The molecule has 1 saturated heterocycles. The molecule has 2 rings (SSSR count). The van der Waals surface area contributed by atoms with E-state index < -0.39 is 0 Å². The van der Waals surface area contributed by atoms with Crippen LogP contribution in [0.1, 0.15) is 11.6 Å². The summed E-state index contributed by atoms with van der Waals surface area (Å²) in [5, 5.41) is 21.9. The highest BCUT2D eigenvalue weighted by Gasteiger charge is 2.18. The van der Waals surface area contributed by atoms with Crippen LogP contribution in [0.5, 0.6) is 11.5 Å². The standard InChI is InChI=1S/C10H13NO3/c12-7-1-2-8(10(13)5-7)9-6-14-4-3-11-9/h1-2,5,9,11-13H,3-4,6H2. The first-order valence-electron chi connectivity index (χ1n) is 4.60. The molecule has 1 aliphatic rings. The van der Waals surface area contributed by atoms with Crippen LogP contribution in [0, 0.1) is 0 Å². The molecule has 0 radical (unpaired) electrons. The van der Waals surface area contributed by atoms with E-state index in [1.165, 1.54) is 6.07 Å². The number of hydrogen-bond donors (Lipinski definition) is 3. The summed E-state index contributed by atoms with van der Waals surface area (Å²) < 4.78 is 5.29. The van der Waals surface area contributed by atoms with Crippen molar-refractivity contribution in [2.24, 2.45) is 0 Å². The molecular formula is C10H13NO3. The summed E-state index contributed by atoms with van der Waals surface area (Å²) in [5.41, 5.74) is 0.766. The number of hydrogen-bond acceptors (Lipinski definition) is 4. The summed E-state index contributed by atoms with van der Waals surface area (Å²) >= 11 is 0. The zero-order chi connectivity index (χ0) is 9.97. The highest BCUT2D eigenvalue weighted by Crippen LogP contribution is 2.28. The minimum atomic E-state index is 0.0179. The van der Waals surface area contributed by atoms with Gasteiger partial charge in [0.2, 0.25) is 0 Å². The summed E-state index contributed by atoms with van der Waals surface area (Å²) in [6.45, 7) is 2.04. The first-order valence-corrected chi connectivity index (χ1v) is 4.60. The molecule has 76 valence electrons. The highest BCUT2D eigenvalue weighted by molar-refractivity contribution is 5.40. The third kappa shape index (κ3) is 1.81. The van der Waals surface area contributed by atoms with E-state index in [9.17, 15) is 5.11 Å². The van der Waals surface area contributed by atoms with E-state index in [-0.39, 0.29) is 17.5 Å². The molecular weight excluding hydrogens is 182 g/mol. The van der Waals surface area contributed by atoms with Crippen molar-refractivity contribution < 1.29 is 14.9 Å². The molecule has 3 N–H and O–H groups in total. The Balaban J connectivity index is 2.22. The summed E-state index contributed by atoms with van der Waals surface area (Å²) in [6.07, 6.45) is 0. The fraction of sp³-hybridized carbons (Fsp3) is 0.400. The lowest BCUT2D eigenvalue weighted by molar-refractivity contribution is 0.0760. The molecule has 0 bridgehead atoms. The zero-order valence-electron chi connectivity index (χ0n) is 7.73. The summed E-state index contributed by atoms with van der Waals surface area (Å²) in [5.74, 6) is 0.177. The fourth-order valence-electron chi connectivity index (χ4n) is 1.59. The molecule has 0 amide bonds. The molecule has 1 atom stereocenters. The van der Waals surface area contributed by atoms with Gasteiger partial charge in [0.15, 0.2) is 0 Å². The minimum absolute atomic E-state index is 0.0179. The Bertz CT molecular complexity index is 321. The van der Waals surface area contributed by atoms with Crippen LogP contribution in [0.2, 0.25) is 0 Å². The lowest BCUT2D eigenvalue weighted by Gasteiger charge is -2.24. The second kappa shape index (κ2) is 3.86. The quantitative estimate of drug-likeness (QED) is 0.619. The van der Waals surface area contributed by atoms with Gasteiger partial charge in [0.05, 0.1) is 19.3 Å². The van der Waals surface area contributed by atoms with Gasteiger partial charge in [0.1, 0.15) is 11.5 Å². The molecule has 0 saturated carbocycles. The molecule has 14 heavy (non-hydrogen) atoms. The van der Waals surface area contributed by atoms with Crippen LogP contribution in [0.15, 0.2) is 18.2 Å². The zero-order valence-corrected chi connectivity index (χ0v) is 7.73. The van der Waals surface area contributed by atoms with Crippen LogP contribution in [0.3, 0.4) is 0 Å². The largest absolute Gasteiger partial charge is 0.508 e. The molecule has 4 heteroatoms.